The van der Waals surface area contributed by atoms with Crippen LogP contribution < -0.4 is 10.7 Å². The fourth-order valence-corrected chi connectivity index (χ4v) is 4.10. The van der Waals surface area contributed by atoms with Crippen molar-refractivity contribution in [2.45, 2.75) is 46.2 Å². The topological polar surface area (TPSA) is 60.1 Å². The van der Waals surface area contributed by atoms with E-state index in [4.69, 9.17) is 4.42 Å². The first-order valence-electron chi connectivity index (χ1n) is 10.6. The molecule has 5 nitrogen and oxygen atoms in total. The van der Waals surface area contributed by atoms with Gasteiger partial charge in [-0.1, -0.05) is 38.1 Å². The first kappa shape index (κ1) is 20.0. The lowest BCUT2D eigenvalue weighted by Crippen LogP contribution is -2.20. The van der Waals surface area contributed by atoms with Gasteiger partial charge in [0.2, 0.25) is 5.43 Å². The molecule has 154 valence electrons. The van der Waals surface area contributed by atoms with E-state index in [1.54, 1.807) is 12.3 Å². The number of furan rings is 1. The van der Waals surface area contributed by atoms with Gasteiger partial charge in [0.05, 0.1) is 29.1 Å². The van der Waals surface area contributed by atoms with Gasteiger partial charge in [-0.3, -0.25) is 4.79 Å². The van der Waals surface area contributed by atoms with Crippen LogP contribution in [0.1, 0.15) is 31.9 Å². The maximum Gasteiger partial charge on any atom is 0.202 e. The maximum atomic E-state index is 13.1. The highest BCUT2D eigenvalue weighted by atomic mass is 16.3. The number of aryl methyl sites for hydroxylation is 1. The van der Waals surface area contributed by atoms with Crippen LogP contribution in [0, 0.1) is 0 Å². The fourth-order valence-electron chi connectivity index (χ4n) is 4.10. The molecule has 1 aliphatic rings. The summed E-state index contributed by atoms with van der Waals surface area (Å²) in [6.45, 7) is 6.77. The third-order valence-electron chi connectivity index (χ3n) is 5.46. The predicted molar refractivity (Wildman–Crippen MR) is 122 cm³/mol. The first-order valence-corrected chi connectivity index (χ1v) is 10.6. The number of nitrogens with one attached hydrogen (secondary N) is 1. The highest BCUT2D eigenvalue weighted by molar-refractivity contribution is 5.83. The number of aromatic nitrogens is 2. The van der Waals surface area contributed by atoms with Gasteiger partial charge in [-0.25, -0.2) is 4.98 Å². The molecule has 5 heteroatoms. The fraction of sp³-hybridized carbons (Fsp3) is 0.280. The second-order valence-electron chi connectivity index (χ2n) is 7.25. The molecule has 3 aromatic heterocycles. The molecule has 0 fully saturated rings. The van der Waals surface area contributed by atoms with Crippen LogP contribution in [0.5, 0.6) is 0 Å². The molecule has 0 saturated carbocycles. The Bertz CT molecular complexity index is 1180. The highest BCUT2D eigenvalue weighted by Gasteiger charge is 2.21. The zero-order chi connectivity index (χ0) is 21.1. The second-order valence-corrected chi connectivity index (χ2v) is 7.25. The number of nitrogens with zero attached hydrogens (tertiary/aromatic N) is 2. The molecular weight excluding hydrogens is 374 g/mol. The summed E-state index contributed by atoms with van der Waals surface area (Å²) in [5, 5.41) is 4.17. The lowest BCUT2D eigenvalue weighted by molar-refractivity contribution is 0.581. The maximum absolute atomic E-state index is 13.1. The largest absolute Gasteiger partial charge is 0.464 e. The number of fused-ring (bicyclic) bond motifs is 2. The minimum atomic E-state index is -0.0551. The van der Waals surface area contributed by atoms with Crippen molar-refractivity contribution in [3.05, 3.63) is 82.5 Å². The Hall–Kier alpha value is -3.34. The molecule has 1 aromatic carbocycles. The lowest BCUT2D eigenvalue weighted by atomic mass is 10.1. The highest BCUT2D eigenvalue weighted by Crippen LogP contribution is 2.26. The van der Waals surface area contributed by atoms with Gasteiger partial charge >= 0.3 is 0 Å². The molecular formula is C25H27N3O2. The molecule has 0 aliphatic heterocycles. The van der Waals surface area contributed by atoms with Gasteiger partial charge in [-0.05, 0) is 49.1 Å². The molecule has 0 saturated heterocycles. The average molecular weight is 402 g/mol. The van der Waals surface area contributed by atoms with Crippen molar-refractivity contribution < 1.29 is 4.42 Å². The zero-order valence-electron chi connectivity index (χ0n) is 17.7. The van der Waals surface area contributed by atoms with Crippen molar-refractivity contribution in [2.24, 2.45) is 0 Å². The van der Waals surface area contributed by atoms with Gasteiger partial charge in [-0.15, -0.1) is 0 Å². The molecule has 0 spiro atoms. The predicted octanol–water partition coefficient (Wildman–Crippen LogP) is 5.28. The van der Waals surface area contributed by atoms with Crippen molar-refractivity contribution in [1.29, 1.82) is 0 Å². The van der Waals surface area contributed by atoms with E-state index < -0.39 is 0 Å². The molecule has 0 amide bonds. The Morgan fingerprint density at radius 3 is 2.50 bits per heavy atom. The lowest BCUT2D eigenvalue weighted by Gasteiger charge is -2.15. The van der Waals surface area contributed by atoms with Gasteiger partial charge in [0.1, 0.15) is 11.4 Å². The van der Waals surface area contributed by atoms with Gasteiger partial charge < -0.3 is 14.3 Å². The van der Waals surface area contributed by atoms with Crippen LogP contribution in [0.25, 0.3) is 22.4 Å². The monoisotopic (exact) mass is 401 g/mol. The Morgan fingerprint density at radius 1 is 1.13 bits per heavy atom. The summed E-state index contributed by atoms with van der Waals surface area (Å²) in [6.07, 6.45) is 7.21. The minimum Gasteiger partial charge on any atom is -0.464 e. The third-order valence-corrected chi connectivity index (χ3v) is 5.46. The Morgan fingerprint density at radius 2 is 1.87 bits per heavy atom. The second kappa shape index (κ2) is 8.57. The molecule has 1 N–H and O–H groups in total. The zero-order valence-corrected chi connectivity index (χ0v) is 17.7. The normalized spacial score (nSPS) is 13.0. The standard InChI is InChI=1S/C23H21N3O2.C2H6/c1-2-26-14-20(21-8-5-9-28-21)22(27)19-12-18(13-24-23(19)26)25-17-10-15-6-3-4-7-16(15)11-17;1-2/h3-9,12-14,17,25H,2,10-11H2,1H3;1-2H3. The van der Waals surface area contributed by atoms with Crippen molar-refractivity contribution in [1.82, 2.24) is 9.55 Å². The van der Waals surface area contributed by atoms with Crippen molar-refractivity contribution >= 4 is 16.7 Å². The van der Waals surface area contributed by atoms with E-state index in [0.29, 0.717) is 28.4 Å². The van der Waals surface area contributed by atoms with E-state index in [1.165, 1.54) is 11.1 Å². The molecule has 4 aromatic rings. The smallest absolute Gasteiger partial charge is 0.202 e. The van der Waals surface area contributed by atoms with Crippen LogP contribution in [0.4, 0.5) is 5.69 Å². The summed E-state index contributed by atoms with van der Waals surface area (Å²) in [7, 11) is 0. The van der Waals surface area contributed by atoms with E-state index in [1.807, 2.05) is 49.9 Å². The van der Waals surface area contributed by atoms with Crippen LogP contribution in [0.3, 0.4) is 0 Å². The molecule has 1 aliphatic carbocycles. The number of hydrogen-bond acceptors (Lipinski definition) is 4. The first-order chi connectivity index (χ1) is 14.7. The van der Waals surface area contributed by atoms with Gasteiger partial charge in [0.15, 0.2) is 0 Å². The van der Waals surface area contributed by atoms with Crippen LogP contribution in [-0.4, -0.2) is 15.6 Å². The molecule has 3 heterocycles. The van der Waals surface area contributed by atoms with Crippen LogP contribution in [0.2, 0.25) is 0 Å². The summed E-state index contributed by atoms with van der Waals surface area (Å²) in [5.41, 5.74) is 4.86. The number of rotatable bonds is 4. The molecule has 5 rings (SSSR count). The van der Waals surface area contributed by atoms with Gasteiger partial charge in [-0.2, -0.15) is 0 Å². The number of anilines is 1. The summed E-state index contributed by atoms with van der Waals surface area (Å²) in [5.74, 6) is 0.582. The Labute approximate surface area is 176 Å². The summed E-state index contributed by atoms with van der Waals surface area (Å²) in [4.78, 5) is 17.7. The number of pyridine rings is 2. The van der Waals surface area contributed by atoms with Crippen LogP contribution in [-0.2, 0) is 19.4 Å². The Kier molecular flexibility index (Phi) is 5.70. The number of hydrogen-bond donors (Lipinski definition) is 1. The van der Waals surface area contributed by atoms with Crippen LogP contribution in [0.15, 0.2) is 70.3 Å². The van der Waals surface area contributed by atoms with Crippen molar-refractivity contribution in [3.63, 3.8) is 0 Å². The minimum absolute atomic E-state index is 0.0551. The van der Waals surface area contributed by atoms with E-state index in [-0.39, 0.29) is 5.43 Å². The summed E-state index contributed by atoms with van der Waals surface area (Å²) in [6, 6.07) is 14.4. The average Bonchev–Trinajstić information content (AvgIpc) is 3.45. The summed E-state index contributed by atoms with van der Waals surface area (Å²) >= 11 is 0. The molecule has 0 unspecified atom stereocenters. The quantitative estimate of drug-likeness (QED) is 0.505. The van der Waals surface area contributed by atoms with Crippen LogP contribution >= 0.6 is 0 Å². The molecule has 0 bridgehead atoms. The Balaban J connectivity index is 0.00000106. The van der Waals surface area contributed by atoms with E-state index >= 15 is 0 Å². The van der Waals surface area contributed by atoms with Crippen molar-refractivity contribution in [3.8, 4) is 11.3 Å². The van der Waals surface area contributed by atoms with Crippen molar-refractivity contribution in [2.75, 3.05) is 5.32 Å². The summed E-state index contributed by atoms with van der Waals surface area (Å²) < 4.78 is 7.46. The van der Waals surface area contributed by atoms with Gasteiger partial charge in [0.25, 0.3) is 0 Å². The van der Waals surface area contributed by atoms with E-state index in [2.05, 4.69) is 34.6 Å². The van der Waals surface area contributed by atoms with Gasteiger partial charge in [0, 0.05) is 18.8 Å². The van der Waals surface area contributed by atoms with E-state index in [0.717, 1.165) is 25.1 Å². The molecule has 0 atom stereocenters. The third kappa shape index (κ3) is 3.63. The van der Waals surface area contributed by atoms with E-state index in [9.17, 15) is 4.79 Å². The SMILES string of the molecule is CC.CCn1cc(-c2ccco2)c(=O)c2cc(NC3Cc4ccccc4C3)cnc21. The molecule has 0 radical (unpaired) electrons. The molecule has 30 heavy (non-hydrogen) atoms. The number of benzene rings is 1.